The Hall–Kier alpha value is -3.06. The first-order valence-electron chi connectivity index (χ1n) is 6.69. The minimum absolute atomic E-state index is 0.269. The lowest BCUT2D eigenvalue weighted by Crippen LogP contribution is -2.13. The molecular formula is C15H14N6O. The zero-order chi connectivity index (χ0) is 15.4. The molecule has 0 radical (unpaired) electrons. The second kappa shape index (κ2) is 6.15. The van der Waals surface area contributed by atoms with E-state index in [0.717, 1.165) is 5.69 Å². The number of nitrogens with zero attached hydrogens (tertiary/aromatic N) is 3. The summed E-state index contributed by atoms with van der Waals surface area (Å²) in [6, 6.07) is 8.93. The van der Waals surface area contributed by atoms with Gasteiger partial charge in [-0.05, 0) is 24.3 Å². The van der Waals surface area contributed by atoms with Crippen molar-refractivity contribution in [1.29, 1.82) is 0 Å². The van der Waals surface area contributed by atoms with Crippen molar-refractivity contribution in [1.82, 2.24) is 20.2 Å². The number of aromatic nitrogens is 4. The van der Waals surface area contributed by atoms with E-state index in [1.807, 2.05) is 18.2 Å². The van der Waals surface area contributed by atoms with Crippen molar-refractivity contribution in [3.05, 3.63) is 60.2 Å². The molecule has 0 bridgehead atoms. The van der Waals surface area contributed by atoms with Crippen LogP contribution in [0, 0.1) is 0 Å². The molecule has 0 spiro atoms. The number of carbonyl (C=O) groups excluding carboxylic acids is 1. The van der Waals surface area contributed by atoms with E-state index in [9.17, 15) is 4.79 Å². The Morgan fingerprint density at radius 1 is 1.18 bits per heavy atom. The van der Waals surface area contributed by atoms with Gasteiger partial charge >= 0.3 is 0 Å². The Morgan fingerprint density at radius 3 is 2.77 bits per heavy atom. The number of amides is 1. The summed E-state index contributed by atoms with van der Waals surface area (Å²) in [6.45, 7) is 0.341. The van der Waals surface area contributed by atoms with Gasteiger partial charge in [0, 0.05) is 18.9 Å². The smallest absolute Gasteiger partial charge is 0.257 e. The Morgan fingerprint density at radius 2 is 2.09 bits per heavy atom. The quantitative estimate of drug-likeness (QED) is 0.676. The second-order valence-electron chi connectivity index (χ2n) is 4.57. The van der Waals surface area contributed by atoms with E-state index in [4.69, 9.17) is 5.73 Å². The first-order chi connectivity index (χ1) is 10.8. The monoisotopic (exact) mass is 294 g/mol. The Bertz CT molecular complexity index is 766. The SMILES string of the molecule is NCc1ccc(C(=O)Nc2cn[nH]c2-c2ccccn2)cn1. The van der Waals surface area contributed by atoms with Gasteiger partial charge in [-0.2, -0.15) is 5.10 Å². The number of carbonyl (C=O) groups is 1. The maximum Gasteiger partial charge on any atom is 0.257 e. The summed E-state index contributed by atoms with van der Waals surface area (Å²) in [7, 11) is 0. The lowest BCUT2D eigenvalue weighted by Gasteiger charge is -2.06. The molecule has 0 aliphatic heterocycles. The maximum atomic E-state index is 12.3. The highest BCUT2D eigenvalue weighted by Crippen LogP contribution is 2.23. The van der Waals surface area contributed by atoms with E-state index in [1.165, 1.54) is 6.20 Å². The van der Waals surface area contributed by atoms with Crippen LogP contribution in [0.25, 0.3) is 11.4 Å². The molecule has 0 unspecified atom stereocenters. The first-order valence-corrected chi connectivity index (χ1v) is 6.69. The number of H-pyrrole nitrogens is 1. The summed E-state index contributed by atoms with van der Waals surface area (Å²) >= 11 is 0. The van der Waals surface area contributed by atoms with Gasteiger partial charge in [0.25, 0.3) is 5.91 Å². The zero-order valence-corrected chi connectivity index (χ0v) is 11.7. The number of rotatable bonds is 4. The standard InChI is InChI=1S/C15H14N6O/c16-7-11-5-4-10(8-18-11)15(22)20-13-9-19-21-14(13)12-3-1-2-6-17-12/h1-6,8-9H,7,16H2,(H,19,21)(H,20,22). The topological polar surface area (TPSA) is 110 Å². The van der Waals surface area contributed by atoms with Crippen LogP contribution in [0.1, 0.15) is 16.1 Å². The van der Waals surface area contributed by atoms with Crippen LogP contribution in [-0.4, -0.2) is 26.1 Å². The molecule has 3 heterocycles. The number of nitrogens with two attached hydrogens (primary N) is 1. The normalized spacial score (nSPS) is 10.4. The minimum atomic E-state index is -0.269. The van der Waals surface area contributed by atoms with E-state index in [2.05, 4.69) is 25.5 Å². The molecule has 0 fully saturated rings. The molecule has 3 aromatic rings. The Kier molecular flexibility index (Phi) is 3.88. The zero-order valence-electron chi connectivity index (χ0n) is 11.7. The van der Waals surface area contributed by atoms with Crippen molar-refractivity contribution in [2.45, 2.75) is 6.54 Å². The largest absolute Gasteiger partial charge is 0.325 e. The Labute approximate surface area is 126 Å². The molecule has 0 saturated carbocycles. The van der Waals surface area contributed by atoms with Crippen molar-refractivity contribution in [2.24, 2.45) is 5.73 Å². The number of aromatic amines is 1. The minimum Gasteiger partial charge on any atom is -0.325 e. The molecule has 1 amide bonds. The fraction of sp³-hybridized carbons (Fsp3) is 0.0667. The fourth-order valence-electron chi connectivity index (χ4n) is 1.96. The van der Waals surface area contributed by atoms with E-state index in [-0.39, 0.29) is 5.91 Å². The van der Waals surface area contributed by atoms with Crippen molar-refractivity contribution in [3.63, 3.8) is 0 Å². The first kappa shape index (κ1) is 13.9. The number of nitrogens with one attached hydrogen (secondary N) is 2. The molecule has 3 aromatic heterocycles. The van der Waals surface area contributed by atoms with Crippen molar-refractivity contribution in [3.8, 4) is 11.4 Å². The predicted octanol–water partition coefficient (Wildman–Crippen LogP) is 1.58. The summed E-state index contributed by atoms with van der Waals surface area (Å²) < 4.78 is 0. The van der Waals surface area contributed by atoms with Gasteiger partial charge in [0.15, 0.2) is 0 Å². The van der Waals surface area contributed by atoms with Crippen molar-refractivity contribution < 1.29 is 4.79 Å². The van der Waals surface area contributed by atoms with Gasteiger partial charge in [0.05, 0.1) is 28.8 Å². The third-order valence-corrected chi connectivity index (χ3v) is 3.10. The second-order valence-corrected chi connectivity index (χ2v) is 4.57. The van der Waals surface area contributed by atoms with Crippen LogP contribution in [0.2, 0.25) is 0 Å². The van der Waals surface area contributed by atoms with Crippen molar-refractivity contribution >= 4 is 11.6 Å². The van der Waals surface area contributed by atoms with Crippen LogP contribution < -0.4 is 11.1 Å². The van der Waals surface area contributed by atoms with E-state index >= 15 is 0 Å². The molecule has 3 rings (SSSR count). The lowest BCUT2D eigenvalue weighted by molar-refractivity contribution is 0.102. The Balaban J connectivity index is 1.81. The molecule has 0 aliphatic carbocycles. The number of anilines is 1. The average Bonchev–Trinajstić information content (AvgIpc) is 3.04. The van der Waals surface area contributed by atoms with Gasteiger partial charge in [0.2, 0.25) is 0 Å². The number of pyridine rings is 2. The molecule has 110 valence electrons. The van der Waals surface area contributed by atoms with Crippen LogP contribution in [0.4, 0.5) is 5.69 Å². The highest BCUT2D eigenvalue weighted by Gasteiger charge is 2.13. The van der Waals surface area contributed by atoms with Gasteiger partial charge in [0.1, 0.15) is 5.69 Å². The molecule has 7 heteroatoms. The molecule has 4 N–H and O–H groups in total. The maximum absolute atomic E-state index is 12.3. The van der Waals surface area contributed by atoms with Crippen molar-refractivity contribution in [2.75, 3.05) is 5.32 Å². The van der Waals surface area contributed by atoms with Gasteiger partial charge in [-0.1, -0.05) is 6.07 Å². The molecule has 22 heavy (non-hydrogen) atoms. The van der Waals surface area contributed by atoms with E-state index in [0.29, 0.717) is 29.2 Å². The van der Waals surface area contributed by atoms with Crippen LogP contribution in [0.5, 0.6) is 0 Å². The highest BCUT2D eigenvalue weighted by molar-refractivity contribution is 6.05. The summed E-state index contributed by atoms with van der Waals surface area (Å²) in [5.41, 5.74) is 8.58. The van der Waals surface area contributed by atoms with Crippen LogP contribution in [0.3, 0.4) is 0 Å². The number of hydrogen-bond donors (Lipinski definition) is 3. The molecule has 0 aliphatic rings. The van der Waals surface area contributed by atoms with E-state index < -0.39 is 0 Å². The fourth-order valence-corrected chi connectivity index (χ4v) is 1.96. The highest BCUT2D eigenvalue weighted by atomic mass is 16.1. The molecular weight excluding hydrogens is 280 g/mol. The van der Waals surface area contributed by atoms with Crippen LogP contribution in [-0.2, 0) is 6.54 Å². The van der Waals surface area contributed by atoms with Crippen LogP contribution in [0.15, 0.2) is 48.9 Å². The van der Waals surface area contributed by atoms with Gasteiger partial charge < -0.3 is 11.1 Å². The summed E-state index contributed by atoms with van der Waals surface area (Å²) in [5.74, 6) is -0.269. The van der Waals surface area contributed by atoms with Gasteiger partial charge in [-0.3, -0.25) is 19.9 Å². The van der Waals surface area contributed by atoms with Gasteiger partial charge in [-0.25, -0.2) is 0 Å². The number of hydrogen-bond acceptors (Lipinski definition) is 5. The third-order valence-electron chi connectivity index (χ3n) is 3.10. The summed E-state index contributed by atoms with van der Waals surface area (Å²) in [4.78, 5) is 20.6. The average molecular weight is 294 g/mol. The molecule has 0 aromatic carbocycles. The summed E-state index contributed by atoms with van der Waals surface area (Å²) in [5, 5.41) is 9.60. The molecule has 7 nitrogen and oxygen atoms in total. The van der Waals surface area contributed by atoms with E-state index in [1.54, 1.807) is 24.5 Å². The van der Waals surface area contributed by atoms with Gasteiger partial charge in [-0.15, -0.1) is 0 Å². The third kappa shape index (κ3) is 2.84. The lowest BCUT2D eigenvalue weighted by atomic mass is 10.2. The predicted molar refractivity (Wildman–Crippen MR) is 81.9 cm³/mol. The van der Waals surface area contributed by atoms with Crippen LogP contribution >= 0.6 is 0 Å². The molecule has 0 saturated heterocycles. The summed E-state index contributed by atoms with van der Waals surface area (Å²) in [6.07, 6.45) is 4.72. The molecule has 0 atom stereocenters.